The molecule has 4 N–H and O–H groups in total. The van der Waals surface area contributed by atoms with Gasteiger partial charge in [0.05, 0.1) is 6.54 Å². The number of carboxylic acids is 1. The molecule has 0 aliphatic carbocycles. The minimum Gasteiger partial charge on any atom is -0.480 e. The van der Waals surface area contributed by atoms with Crippen LogP contribution in [0, 0.1) is 0 Å². The first-order valence-corrected chi connectivity index (χ1v) is 5.49. The second kappa shape index (κ2) is 7.28. The molecule has 1 atom stereocenters. The highest BCUT2D eigenvalue weighted by molar-refractivity contribution is 5.82. The summed E-state index contributed by atoms with van der Waals surface area (Å²) in [6.07, 6.45) is 3.36. The van der Waals surface area contributed by atoms with E-state index in [1.54, 1.807) is 23.1 Å². The molecule has 2 amide bonds. The van der Waals surface area contributed by atoms with E-state index < -0.39 is 18.0 Å². The fourth-order valence-corrected chi connectivity index (χ4v) is 1.31. The Hall–Kier alpha value is -2.09. The third kappa shape index (κ3) is 4.83. The molecule has 8 heteroatoms. The van der Waals surface area contributed by atoms with Gasteiger partial charge in [0.25, 0.3) is 0 Å². The van der Waals surface area contributed by atoms with Crippen LogP contribution in [0.15, 0.2) is 18.5 Å². The molecule has 0 spiro atoms. The van der Waals surface area contributed by atoms with Crippen LogP contribution in [0.25, 0.3) is 0 Å². The van der Waals surface area contributed by atoms with Crippen molar-refractivity contribution in [3.8, 4) is 0 Å². The van der Waals surface area contributed by atoms with Crippen LogP contribution in [0.5, 0.6) is 0 Å². The Morgan fingerprint density at radius 2 is 2.22 bits per heavy atom. The highest BCUT2D eigenvalue weighted by Crippen LogP contribution is 1.91. The fourth-order valence-electron chi connectivity index (χ4n) is 1.31. The molecule has 1 aromatic rings. The molecule has 0 aliphatic heterocycles. The monoisotopic (exact) mass is 256 g/mol. The highest BCUT2D eigenvalue weighted by atomic mass is 16.4. The summed E-state index contributed by atoms with van der Waals surface area (Å²) >= 11 is 0. The number of urea groups is 1. The SMILES string of the molecule is O=C(NCCn1cccn1)N[C@@H](CCO)C(=O)O. The van der Waals surface area contributed by atoms with Gasteiger partial charge in [-0.3, -0.25) is 4.68 Å². The van der Waals surface area contributed by atoms with Crippen LogP contribution in [0.1, 0.15) is 6.42 Å². The summed E-state index contributed by atoms with van der Waals surface area (Å²) in [7, 11) is 0. The van der Waals surface area contributed by atoms with Crippen LogP contribution in [0.4, 0.5) is 4.79 Å². The molecule has 0 saturated carbocycles. The van der Waals surface area contributed by atoms with Crippen LogP contribution in [-0.2, 0) is 11.3 Å². The first-order valence-electron chi connectivity index (χ1n) is 5.49. The molecule has 0 fully saturated rings. The number of hydrogen-bond donors (Lipinski definition) is 4. The van der Waals surface area contributed by atoms with Gasteiger partial charge in [-0.1, -0.05) is 0 Å². The van der Waals surface area contributed by atoms with Crippen LogP contribution in [-0.4, -0.2) is 51.2 Å². The van der Waals surface area contributed by atoms with Crippen molar-refractivity contribution in [2.45, 2.75) is 19.0 Å². The van der Waals surface area contributed by atoms with E-state index >= 15 is 0 Å². The first kappa shape index (κ1) is 14.0. The number of carbonyl (C=O) groups excluding carboxylic acids is 1. The molecule has 8 nitrogen and oxygen atoms in total. The summed E-state index contributed by atoms with van der Waals surface area (Å²) in [5.41, 5.74) is 0. The van der Waals surface area contributed by atoms with Crippen LogP contribution < -0.4 is 10.6 Å². The Bertz CT molecular complexity index is 379. The lowest BCUT2D eigenvalue weighted by atomic mass is 10.2. The van der Waals surface area contributed by atoms with E-state index in [0.29, 0.717) is 13.1 Å². The maximum Gasteiger partial charge on any atom is 0.326 e. The standard InChI is InChI=1S/C10H16N4O4/c15-7-2-8(9(16)17)13-10(18)11-4-6-14-5-1-3-12-14/h1,3,5,8,15H,2,4,6-7H2,(H,16,17)(H2,11,13,18)/t8-/m0/s1. The van der Waals surface area contributed by atoms with Crippen molar-refractivity contribution < 1.29 is 19.8 Å². The molecule has 1 rings (SSSR count). The van der Waals surface area contributed by atoms with Crippen LogP contribution in [0.2, 0.25) is 0 Å². The Morgan fingerprint density at radius 3 is 2.78 bits per heavy atom. The third-order valence-corrected chi connectivity index (χ3v) is 2.21. The van der Waals surface area contributed by atoms with Crippen LogP contribution in [0.3, 0.4) is 0 Å². The molecule has 1 aromatic heterocycles. The molecule has 1 heterocycles. The number of rotatable bonds is 7. The molecule has 0 saturated heterocycles. The number of nitrogens with zero attached hydrogens (tertiary/aromatic N) is 2. The maximum atomic E-state index is 11.4. The van der Waals surface area contributed by atoms with Gasteiger partial charge in [-0.15, -0.1) is 0 Å². The van der Waals surface area contributed by atoms with Crippen molar-refractivity contribution in [1.29, 1.82) is 0 Å². The second-order valence-electron chi connectivity index (χ2n) is 3.57. The Balaban J connectivity index is 2.25. The largest absolute Gasteiger partial charge is 0.480 e. The number of aliphatic hydroxyl groups excluding tert-OH is 1. The zero-order valence-electron chi connectivity index (χ0n) is 9.74. The van der Waals surface area contributed by atoms with E-state index in [1.165, 1.54) is 0 Å². The summed E-state index contributed by atoms with van der Waals surface area (Å²) in [6.45, 7) is 0.529. The van der Waals surface area contributed by atoms with Crippen molar-refractivity contribution in [2.24, 2.45) is 0 Å². The summed E-state index contributed by atoms with van der Waals surface area (Å²) in [5.74, 6) is -1.17. The average molecular weight is 256 g/mol. The predicted octanol–water partition coefficient (Wildman–Crippen LogP) is -0.982. The molecule has 18 heavy (non-hydrogen) atoms. The van der Waals surface area contributed by atoms with Crippen molar-refractivity contribution in [2.75, 3.05) is 13.2 Å². The molecule has 0 aliphatic rings. The average Bonchev–Trinajstić information content (AvgIpc) is 2.81. The summed E-state index contributed by atoms with van der Waals surface area (Å²) < 4.78 is 1.64. The molecule has 0 aromatic carbocycles. The van der Waals surface area contributed by atoms with Gasteiger partial charge in [0, 0.05) is 32.0 Å². The number of aromatic nitrogens is 2. The first-order chi connectivity index (χ1) is 8.63. The second-order valence-corrected chi connectivity index (χ2v) is 3.57. The number of aliphatic carboxylic acids is 1. The maximum absolute atomic E-state index is 11.4. The number of nitrogens with one attached hydrogen (secondary N) is 2. The molecule has 0 unspecified atom stereocenters. The lowest BCUT2D eigenvalue weighted by molar-refractivity contribution is -0.139. The van der Waals surface area contributed by atoms with Crippen molar-refractivity contribution in [3.05, 3.63) is 18.5 Å². The van der Waals surface area contributed by atoms with E-state index in [0.717, 1.165) is 0 Å². The van der Waals surface area contributed by atoms with Gasteiger partial charge in [-0.25, -0.2) is 9.59 Å². The molecule has 100 valence electrons. The van der Waals surface area contributed by atoms with E-state index in [9.17, 15) is 9.59 Å². The van der Waals surface area contributed by atoms with Crippen LogP contribution >= 0.6 is 0 Å². The number of amides is 2. The minimum atomic E-state index is -1.17. The Labute approximate surface area is 104 Å². The molecule has 0 radical (unpaired) electrons. The van der Waals surface area contributed by atoms with Gasteiger partial charge < -0.3 is 20.8 Å². The quantitative estimate of drug-likeness (QED) is 0.500. The van der Waals surface area contributed by atoms with Gasteiger partial charge in [0.1, 0.15) is 6.04 Å². The van der Waals surface area contributed by atoms with Gasteiger partial charge in [-0.2, -0.15) is 5.10 Å². The van der Waals surface area contributed by atoms with Crippen molar-refractivity contribution >= 4 is 12.0 Å². The smallest absolute Gasteiger partial charge is 0.326 e. The zero-order chi connectivity index (χ0) is 13.4. The van der Waals surface area contributed by atoms with E-state index in [-0.39, 0.29) is 13.0 Å². The summed E-state index contributed by atoms with van der Waals surface area (Å²) in [5, 5.41) is 26.1. The van der Waals surface area contributed by atoms with Gasteiger partial charge in [0.2, 0.25) is 0 Å². The van der Waals surface area contributed by atoms with E-state index in [1.807, 2.05) is 0 Å². The van der Waals surface area contributed by atoms with Gasteiger partial charge >= 0.3 is 12.0 Å². The number of carbonyl (C=O) groups is 2. The number of carboxylic acid groups (broad SMARTS) is 1. The molecular weight excluding hydrogens is 240 g/mol. The highest BCUT2D eigenvalue weighted by Gasteiger charge is 2.18. The summed E-state index contributed by atoms with van der Waals surface area (Å²) in [6, 6.07) is 0.101. The fraction of sp³-hybridized carbons (Fsp3) is 0.500. The summed E-state index contributed by atoms with van der Waals surface area (Å²) in [4.78, 5) is 22.1. The molecule has 0 bridgehead atoms. The van der Waals surface area contributed by atoms with Gasteiger partial charge in [0.15, 0.2) is 0 Å². The van der Waals surface area contributed by atoms with E-state index in [4.69, 9.17) is 10.2 Å². The Morgan fingerprint density at radius 1 is 1.44 bits per heavy atom. The van der Waals surface area contributed by atoms with E-state index in [2.05, 4.69) is 15.7 Å². The zero-order valence-corrected chi connectivity index (χ0v) is 9.74. The van der Waals surface area contributed by atoms with Crippen molar-refractivity contribution in [3.63, 3.8) is 0 Å². The van der Waals surface area contributed by atoms with Gasteiger partial charge in [-0.05, 0) is 6.07 Å². The predicted molar refractivity (Wildman–Crippen MR) is 61.9 cm³/mol. The topological polar surface area (TPSA) is 116 Å². The lowest BCUT2D eigenvalue weighted by Gasteiger charge is -2.13. The normalized spacial score (nSPS) is 11.8. The molecular formula is C10H16N4O4. The third-order valence-electron chi connectivity index (χ3n) is 2.21. The minimum absolute atomic E-state index is 0.0259. The lowest BCUT2D eigenvalue weighted by Crippen LogP contribution is -2.47. The number of aliphatic hydroxyl groups is 1. The van der Waals surface area contributed by atoms with Crippen molar-refractivity contribution in [1.82, 2.24) is 20.4 Å². The number of hydrogen-bond acceptors (Lipinski definition) is 4. The Kier molecular flexibility index (Phi) is 5.65.